The van der Waals surface area contributed by atoms with E-state index in [1.165, 1.54) is 106 Å². The first-order chi connectivity index (χ1) is 32.5. The quantitative estimate of drug-likeness (QED) is 0.164. The lowest BCUT2D eigenvalue weighted by Crippen LogP contribution is -2.61. The molecule has 0 fully saturated rings. The van der Waals surface area contributed by atoms with E-state index in [9.17, 15) is 0 Å². The summed E-state index contributed by atoms with van der Waals surface area (Å²) in [4.78, 5) is 5.33. The summed E-state index contributed by atoms with van der Waals surface area (Å²) >= 11 is 0. The van der Waals surface area contributed by atoms with Crippen molar-refractivity contribution in [2.45, 2.75) is 157 Å². The molecule has 0 bridgehead atoms. The zero-order chi connectivity index (χ0) is 50.4. The highest BCUT2D eigenvalue weighted by Gasteiger charge is 2.45. The molecule has 358 valence electrons. The number of nitrogens with zero attached hydrogens (tertiary/aromatic N) is 3. The Bertz CT molecular complexity index is 3110. The van der Waals surface area contributed by atoms with Crippen LogP contribution in [0.1, 0.15) is 158 Å². The smallest absolute Gasteiger partial charge is 0.252 e. The molecule has 1 aromatic heterocycles. The molecule has 8 aromatic rings. The van der Waals surface area contributed by atoms with E-state index in [-0.39, 0.29) is 39.2 Å². The number of anilines is 6. The van der Waals surface area contributed by atoms with Crippen LogP contribution in [0.3, 0.4) is 0 Å². The average Bonchev–Trinajstić information content (AvgIpc) is 3.60. The van der Waals surface area contributed by atoms with Crippen LogP contribution in [0.4, 0.5) is 34.1 Å². The van der Waals surface area contributed by atoms with Gasteiger partial charge in [0.2, 0.25) is 0 Å². The molecule has 0 atom stereocenters. The van der Waals surface area contributed by atoms with Crippen LogP contribution in [0.5, 0.6) is 0 Å². The standard InChI is InChI=1S/C66H76BN3/c1-61(2,3)41-27-29-52-56(37-41)69(47-33-43(63(7,8)9)31-44(34-47)64(10,11)12)58-39-49(68-54-25-21-19-23-50(54)51-24-20-22-26-55(51)68)40-59-60(58)67(52)53-30-28-42(62(4,5)6)38-57(53)70(59)48-35-45(65(13,14)15)32-46(36-48)66(16,17)18/h19-40H,1-18H3. The van der Waals surface area contributed by atoms with Crippen molar-refractivity contribution in [2.24, 2.45) is 0 Å². The number of fused-ring (bicyclic) bond motifs is 7. The number of para-hydroxylation sites is 2. The van der Waals surface area contributed by atoms with Crippen LogP contribution in [-0.2, 0) is 32.5 Å². The number of rotatable bonds is 3. The predicted molar refractivity (Wildman–Crippen MR) is 307 cm³/mol. The van der Waals surface area contributed by atoms with Gasteiger partial charge in [-0.1, -0.05) is 197 Å². The second-order valence-electron chi connectivity index (χ2n) is 27.0. The van der Waals surface area contributed by atoms with Gasteiger partial charge in [-0.3, -0.25) is 0 Å². The molecule has 7 aromatic carbocycles. The fourth-order valence-electron chi connectivity index (χ4n) is 11.0. The molecule has 10 rings (SSSR count). The van der Waals surface area contributed by atoms with E-state index < -0.39 is 0 Å². The van der Waals surface area contributed by atoms with Gasteiger partial charge in [-0.2, -0.15) is 0 Å². The monoisotopic (exact) mass is 922 g/mol. The first-order valence-corrected chi connectivity index (χ1v) is 25.9. The van der Waals surface area contributed by atoms with Gasteiger partial charge in [0.05, 0.1) is 16.7 Å². The van der Waals surface area contributed by atoms with Gasteiger partial charge < -0.3 is 14.4 Å². The molecule has 0 saturated heterocycles. The van der Waals surface area contributed by atoms with Gasteiger partial charge in [0, 0.05) is 44.9 Å². The molecule has 0 radical (unpaired) electrons. The highest BCUT2D eigenvalue weighted by atomic mass is 15.2. The summed E-state index contributed by atoms with van der Waals surface area (Å²) in [6.07, 6.45) is 0. The van der Waals surface area contributed by atoms with Crippen LogP contribution >= 0.6 is 0 Å². The van der Waals surface area contributed by atoms with Crippen LogP contribution < -0.4 is 26.2 Å². The molecule has 0 amide bonds. The Morgan fingerprint density at radius 3 is 0.957 bits per heavy atom. The molecule has 70 heavy (non-hydrogen) atoms. The lowest BCUT2D eigenvalue weighted by Gasteiger charge is -2.46. The number of benzene rings is 7. The zero-order valence-corrected chi connectivity index (χ0v) is 45.6. The molecule has 3 heterocycles. The van der Waals surface area contributed by atoms with Crippen LogP contribution in [0.25, 0.3) is 27.5 Å². The number of hydrogen-bond donors (Lipinski definition) is 0. The third-order valence-corrected chi connectivity index (χ3v) is 15.4. The van der Waals surface area contributed by atoms with Gasteiger partial charge in [0.25, 0.3) is 6.71 Å². The minimum atomic E-state index is -0.0714. The first-order valence-electron chi connectivity index (χ1n) is 25.9. The third kappa shape index (κ3) is 7.98. The second-order valence-corrected chi connectivity index (χ2v) is 27.0. The van der Waals surface area contributed by atoms with Crippen molar-refractivity contribution in [1.82, 2.24) is 4.57 Å². The average molecular weight is 922 g/mol. The molecule has 3 nitrogen and oxygen atoms in total. The van der Waals surface area contributed by atoms with Crippen LogP contribution in [0.15, 0.2) is 133 Å². The molecule has 2 aliphatic heterocycles. The van der Waals surface area contributed by atoms with E-state index >= 15 is 0 Å². The maximum atomic E-state index is 2.67. The van der Waals surface area contributed by atoms with Crippen molar-refractivity contribution < 1.29 is 0 Å². The van der Waals surface area contributed by atoms with E-state index in [2.05, 4.69) is 272 Å². The predicted octanol–water partition coefficient (Wildman–Crippen LogP) is 16.7. The topological polar surface area (TPSA) is 11.4 Å². The summed E-state index contributed by atoms with van der Waals surface area (Å²) < 4.78 is 2.54. The Morgan fingerprint density at radius 2 is 0.629 bits per heavy atom. The van der Waals surface area contributed by atoms with E-state index in [0.717, 1.165) is 5.69 Å². The lowest BCUT2D eigenvalue weighted by atomic mass is 9.33. The highest BCUT2D eigenvalue weighted by Crippen LogP contribution is 2.49. The van der Waals surface area contributed by atoms with E-state index in [0.29, 0.717) is 0 Å². The van der Waals surface area contributed by atoms with Gasteiger partial charge >= 0.3 is 0 Å². The summed E-state index contributed by atoms with van der Waals surface area (Å²) in [5.74, 6) is 0. The van der Waals surface area contributed by atoms with Gasteiger partial charge in [0.15, 0.2) is 0 Å². The Kier molecular flexibility index (Phi) is 10.7. The van der Waals surface area contributed by atoms with E-state index in [4.69, 9.17) is 0 Å². The molecule has 0 N–H and O–H groups in total. The summed E-state index contributed by atoms with van der Waals surface area (Å²) in [6.45, 7) is 42.4. The summed E-state index contributed by atoms with van der Waals surface area (Å²) in [5, 5.41) is 2.52. The molecule has 0 saturated carbocycles. The molecule has 0 unspecified atom stereocenters. The maximum Gasteiger partial charge on any atom is 0.252 e. The van der Waals surface area contributed by atoms with Gasteiger partial charge in [-0.05, 0) is 143 Å². The Labute approximate surface area is 421 Å². The maximum absolute atomic E-state index is 2.67. The number of hydrogen-bond acceptors (Lipinski definition) is 2. The molecule has 2 aliphatic rings. The minimum Gasteiger partial charge on any atom is -0.311 e. The summed E-state index contributed by atoms with van der Waals surface area (Å²) in [5.41, 5.74) is 22.6. The first kappa shape index (κ1) is 47.7. The molecule has 0 spiro atoms. The van der Waals surface area contributed by atoms with E-state index in [1.807, 2.05) is 0 Å². The van der Waals surface area contributed by atoms with Crippen molar-refractivity contribution in [2.75, 3.05) is 9.80 Å². The lowest BCUT2D eigenvalue weighted by molar-refractivity contribution is 0.568. The van der Waals surface area contributed by atoms with Crippen LogP contribution in [0.2, 0.25) is 0 Å². The van der Waals surface area contributed by atoms with Gasteiger partial charge in [0.1, 0.15) is 0 Å². The highest BCUT2D eigenvalue weighted by molar-refractivity contribution is 7.00. The van der Waals surface area contributed by atoms with E-state index in [1.54, 1.807) is 0 Å². The van der Waals surface area contributed by atoms with Crippen molar-refractivity contribution >= 4 is 79.0 Å². The Hall–Kier alpha value is -6.00. The molecular weight excluding hydrogens is 846 g/mol. The van der Waals surface area contributed by atoms with Crippen LogP contribution in [-0.4, -0.2) is 11.3 Å². The van der Waals surface area contributed by atoms with Crippen molar-refractivity contribution in [3.05, 3.63) is 167 Å². The summed E-state index contributed by atoms with van der Waals surface area (Å²) in [6, 6.07) is 52.8. The van der Waals surface area contributed by atoms with Gasteiger partial charge in [-0.25, -0.2) is 0 Å². The minimum absolute atomic E-state index is 0.0153. The largest absolute Gasteiger partial charge is 0.311 e. The van der Waals surface area contributed by atoms with Crippen LogP contribution in [0, 0.1) is 0 Å². The SMILES string of the molecule is CC(C)(C)c1cc(N2c3cc(C(C)(C)C)ccc3B3c4ccc(C(C)(C)C)cc4N(c4cc(C(C)(C)C)cc(C(C)(C)C)c4)c4cc(-n5c6ccccc6c6ccccc65)cc2c43)cc(C(C)(C)C)c1. The molecule has 0 aliphatic carbocycles. The fraction of sp³-hybridized carbons (Fsp3) is 0.364. The molecule has 4 heteroatoms. The zero-order valence-electron chi connectivity index (χ0n) is 45.6. The summed E-state index contributed by atoms with van der Waals surface area (Å²) in [7, 11) is 0. The third-order valence-electron chi connectivity index (χ3n) is 15.4. The van der Waals surface area contributed by atoms with Crippen molar-refractivity contribution in [3.8, 4) is 5.69 Å². The van der Waals surface area contributed by atoms with Crippen molar-refractivity contribution in [3.63, 3.8) is 0 Å². The molecular formula is C66H76BN3. The van der Waals surface area contributed by atoms with Crippen molar-refractivity contribution in [1.29, 1.82) is 0 Å². The normalized spacial score (nSPS) is 14.3. The fourth-order valence-corrected chi connectivity index (χ4v) is 11.0. The second kappa shape index (κ2) is 15.8. The Balaban J connectivity index is 1.43. The number of aromatic nitrogens is 1. The Morgan fingerprint density at radius 1 is 0.300 bits per heavy atom. The van der Waals surface area contributed by atoms with Gasteiger partial charge in [-0.15, -0.1) is 0 Å².